The van der Waals surface area contributed by atoms with Gasteiger partial charge in [0.1, 0.15) is 30.9 Å². The summed E-state index contributed by atoms with van der Waals surface area (Å²) in [6.45, 7) is 0.247. The van der Waals surface area contributed by atoms with Crippen LogP contribution in [0.3, 0.4) is 0 Å². The molecule has 0 atom stereocenters. The second-order valence-electron chi connectivity index (χ2n) is 5.98. The standard InChI is InChI=1S/C20H15ClFN5O2.ClH/c1-28-18-7-14-17(8-19(18)29-9-13-4-5-23-10-24-13)25-11-26-20(14)27-16-3-2-12(21)6-15(16)22;/h2-8,10-11H,9H2,1H3,(H,25,26,27);1H. The average Bonchev–Trinajstić information content (AvgIpc) is 2.74. The number of benzene rings is 2. The van der Waals surface area contributed by atoms with Crippen LogP contribution in [-0.2, 0) is 6.61 Å². The maximum atomic E-state index is 14.2. The number of nitrogens with one attached hydrogen (secondary N) is 1. The van der Waals surface area contributed by atoms with Crippen LogP contribution in [0.25, 0.3) is 10.9 Å². The summed E-state index contributed by atoms with van der Waals surface area (Å²) in [4.78, 5) is 16.5. The Balaban J connectivity index is 0.00000256. The van der Waals surface area contributed by atoms with Crippen molar-refractivity contribution in [2.24, 2.45) is 0 Å². The largest absolute Gasteiger partial charge is 0.493 e. The first kappa shape index (κ1) is 21.5. The molecule has 0 aliphatic rings. The van der Waals surface area contributed by atoms with Gasteiger partial charge in [-0.05, 0) is 30.3 Å². The molecular weight excluding hydrogens is 432 g/mol. The van der Waals surface area contributed by atoms with Crippen LogP contribution in [-0.4, -0.2) is 27.0 Å². The van der Waals surface area contributed by atoms with Gasteiger partial charge in [-0.15, -0.1) is 12.4 Å². The molecule has 1 N–H and O–H groups in total. The molecular formula is C20H16Cl2FN5O2. The molecule has 4 aromatic rings. The summed E-state index contributed by atoms with van der Waals surface area (Å²) in [5.41, 5.74) is 1.58. The quantitative estimate of drug-likeness (QED) is 0.446. The zero-order chi connectivity index (χ0) is 20.2. The van der Waals surface area contributed by atoms with Gasteiger partial charge in [0.25, 0.3) is 0 Å². The SMILES string of the molecule is COc1cc2c(Nc3ccc(Cl)cc3F)ncnc2cc1OCc1ccncn1.Cl. The smallest absolute Gasteiger partial charge is 0.163 e. The average molecular weight is 448 g/mol. The summed E-state index contributed by atoms with van der Waals surface area (Å²) in [7, 11) is 1.54. The predicted molar refractivity (Wildman–Crippen MR) is 114 cm³/mol. The fourth-order valence-corrected chi connectivity index (χ4v) is 2.87. The van der Waals surface area contributed by atoms with Gasteiger partial charge in [0.2, 0.25) is 0 Å². The topological polar surface area (TPSA) is 82.0 Å². The lowest BCUT2D eigenvalue weighted by Crippen LogP contribution is -2.02. The Bertz CT molecular complexity index is 1160. The molecule has 0 unspecified atom stereocenters. The zero-order valence-electron chi connectivity index (χ0n) is 15.7. The Hall–Kier alpha value is -3.23. The second kappa shape index (κ2) is 9.51. The van der Waals surface area contributed by atoms with E-state index in [2.05, 4.69) is 25.3 Å². The molecule has 0 saturated carbocycles. The lowest BCUT2D eigenvalue weighted by Gasteiger charge is -2.14. The van der Waals surface area contributed by atoms with Gasteiger partial charge < -0.3 is 14.8 Å². The van der Waals surface area contributed by atoms with E-state index in [-0.39, 0.29) is 24.7 Å². The summed E-state index contributed by atoms with van der Waals surface area (Å²) < 4.78 is 25.5. The summed E-state index contributed by atoms with van der Waals surface area (Å²) in [6.07, 6.45) is 4.49. The molecule has 2 aromatic carbocycles. The van der Waals surface area contributed by atoms with E-state index in [1.807, 2.05) is 0 Å². The van der Waals surface area contributed by atoms with E-state index in [4.69, 9.17) is 21.1 Å². The van der Waals surface area contributed by atoms with Crippen molar-refractivity contribution in [3.8, 4) is 11.5 Å². The lowest BCUT2D eigenvalue weighted by molar-refractivity contribution is 0.281. The monoisotopic (exact) mass is 447 g/mol. The Morgan fingerprint density at radius 2 is 1.90 bits per heavy atom. The number of ether oxygens (including phenoxy) is 2. The highest BCUT2D eigenvalue weighted by Gasteiger charge is 2.13. The van der Waals surface area contributed by atoms with Crippen molar-refractivity contribution in [3.63, 3.8) is 0 Å². The first-order valence-corrected chi connectivity index (χ1v) is 8.94. The fraction of sp³-hybridized carbons (Fsp3) is 0.100. The van der Waals surface area contributed by atoms with Gasteiger partial charge in [0.05, 0.1) is 24.0 Å². The van der Waals surface area contributed by atoms with E-state index in [0.717, 1.165) is 5.69 Å². The molecule has 0 spiro atoms. The number of halogens is 3. The first-order valence-electron chi connectivity index (χ1n) is 8.56. The maximum absolute atomic E-state index is 14.2. The Labute approximate surface area is 182 Å². The highest BCUT2D eigenvalue weighted by atomic mass is 35.5. The van der Waals surface area contributed by atoms with Crippen LogP contribution < -0.4 is 14.8 Å². The van der Waals surface area contributed by atoms with Crippen molar-refractivity contribution in [3.05, 3.63) is 71.8 Å². The fourth-order valence-electron chi connectivity index (χ4n) is 2.71. The van der Waals surface area contributed by atoms with Gasteiger partial charge in [-0.2, -0.15) is 0 Å². The Morgan fingerprint density at radius 3 is 2.63 bits per heavy atom. The van der Waals surface area contributed by atoms with E-state index >= 15 is 0 Å². The van der Waals surface area contributed by atoms with Crippen LogP contribution >= 0.6 is 24.0 Å². The molecule has 30 heavy (non-hydrogen) atoms. The van der Waals surface area contributed by atoms with Crippen LogP contribution in [0.4, 0.5) is 15.9 Å². The molecule has 0 radical (unpaired) electrons. The predicted octanol–water partition coefficient (Wildman–Crippen LogP) is 4.97. The molecule has 10 heteroatoms. The molecule has 7 nitrogen and oxygen atoms in total. The lowest BCUT2D eigenvalue weighted by atomic mass is 10.2. The normalized spacial score (nSPS) is 10.4. The minimum absolute atomic E-state index is 0. The summed E-state index contributed by atoms with van der Waals surface area (Å²) >= 11 is 5.81. The first-order chi connectivity index (χ1) is 14.1. The van der Waals surface area contributed by atoms with E-state index in [1.165, 1.54) is 25.8 Å². The molecule has 0 fully saturated rings. The maximum Gasteiger partial charge on any atom is 0.163 e. The van der Waals surface area contributed by atoms with Crippen LogP contribution in [0.2, 0.25) is 5.02 Å². The van der Waals surface area contributed by atoms with Gasteiger partial charge >= 0.3 is 0 Å². The third-order valence-electron chi connectivity index (χ3n) is 4.12. The van der Waals surface area contributed by atoms with E-state index in [0.29, 0.717) is 33.2 Å². The zero-order valence-corrected chi connectivity index (χ0v) is 17.2. The number of hydrogen-bond donors (Lipinski definition) is 1. The van der Waals surface area contributed by atoms with Gasteiger partial charge in [-0.3, -0.25) is 0 Å². The number of fused-ring (bicyclic) bond motifs is 1. The number of aromatic nitrogens is 4. The number of hydrogen-bond acceptors (Lipinski definition) is 7. The van der Waals surface area contributed by atoms with Gasteiger partial charge in [-0.25, -0.2) is 24.3 Å². The van der Waals surface area contributed by atoms with Crippen molar-refractivity contribution in [2.45, 2.75) is 6.61 Å². The third-order valence-corrected chi connectivity index (χ3v) is 4.36. The number of methoxy groups -OCH3 is 1. The molecule has 4 rings (SSSR count). The molecule has 0 amide bonds. The van der Waals surface area contributed by atoms with E-state index in [1.54, 1.807) is 36.5 Å². The number of rotatable bonds is 6. The van der Waals surface area contributed by atoms with E-state index < -0.39 is 5.82 Å². The van der Waals surface area contributed by atoms with Crippen molar-refractivity contribution in [1.29, 1.82) is 0 Å². The molecule has 2 aromatic heterocycles. The minimum Gasteiger partial charge on any atom is -0.493 e. The van der Waals surface area contributed by atoms with Crippen molar-refractivity contribution >= 4 is 46.4 Å². The summed E-state index contributed by atoms with van der Waals surface area (Å²) in [5.74, 6) is 0.930. The summed E-state index contributed by atoms with van der Waals surface area (Å²) in [5, 5.41) is 3.93. The number of nitrogens with zero attached hydrogens (tertiary/aromatic N) is 4. The molecule has 2 heterocycles. The molecule has 0 aliphatic carbocycles. The van der Waals surface area contributed by atoms with Crippen LogP contribution in [0, 0.1) is 5.82 Å². The van der Waals surface area contributed by atoms with Crippen molar-refractivity contribution in [2.75, 3.05) is 12.4 Å². The highest BCUT2D eigenvalue weighted by Crippen LogP contribution is 2.35. The molecule has 0 aliphatic heterocycles. The third kappa shape index (κ3) is 4.67. The Kier molecular flexibility index (Phi) is 6.81. The van der Waals surface area contributed by atoms with Crippen LogP contribution in [0.5, 0.6) is 11.5 Å². The minimum atomic E-state index is -0.485. The van der Waals surface area contributed by atoms with Crippen molar-refractivity contribution < 1.29 is 13.9 Å². The van der Waals surface area contributed by atoms with Gasteiger partial charge in [-0.1, -0.05) is 11.6 Å². The molecule has 154 valence electrons. The second-order valence-corrected chi connectivity index (χ2v) is 6.42. The number of anilines is 2. The van der Waals surface area contributed by atoms with Gasteiger partial charge in [0, 0.05) is 22.7 Å². The van der Waals surface area contributed by atoms with Crippen LogP contribution in [0.15, 0.2) is 55.2 Å². The molecule has 0 saturated heterocycles. The van der Waals surface area contributed by atoms with Crippen molar-refractivity contribution in [1.82, 2.24) is 19.9 Å². The van der Waals surface area contributed by atoms with Gasteiger partial charge in [0.15, 0.2) is 11.5 Å². The van der Waals surface area contributed by atoms with Crippen LogP contribution in [0.1, 0.15) is 5.69 Å². The summed E-state index contributed by atoms with van der Waals surface area (Å²) in [6, 6.07) is 9.60. The Morgan fingerprint density at radius 1 is 1.03 bits per heavy atom. The molecule has 0 bridgehead atoms. The highest BCUT2D eigenvalue weighted by molar-refractivity contribution is 6.30. The van der Waals surface area contributed by atoms with E-state index in [9.17, 15) is 4.39 Å².